The fraction of sp³-hybridized carbons (Fsp3) is 0.857. The molecule has 1 aliphatic heterocycles. The summed E-state index contributed by atoms with van der Waals surface area (Å²) in [5, 5.41) is 0. The number of carbonyl (C=O) groups is 1. The zero-order valence-corrected chi connectivity index (χ0v) is 6.79. The Labute approximate surface area is 66.5 Å². The van der Waals surface area contributed by atoms with Gasteiger partial charge in [-0.05, 0) is 19.8 Å². The topological polar surface area (TPSA) is 72.3 Å². The standard InChI is InChI=1S/C7H15N3O/c1-5(8)4-6-2-3-10(6)7(9)11/h5-6H,2-4,8H2,1H3,(H2,9,11). The molecule has 0 bridgehead atoms. The highest BCUT2D eigenvalue weighted by Gasteiger charge is 2.30. The van der Waals surface area contributed by atoms with Gasteiger partial charge < -0.3 is 16.4 Å². The summed E-state index contributed by atoms with van der Waals surface area (Å²) in [5.41, 5.74) is 10.7. The van der Waals surface area contributed by atoms with Crippen LogP contribution in [0.25, 0.3) is 0 Å². The van der Waals surface area contributed by atoms with Gasteiger partial charge in [-0.25, -0.2) is 4.79 Å². The third kappa shape index (κ3) is 1.83. The molecule has 1 heterocycles. The molecule has 1 saturated heterocycles. The van der Waals surface area contributed by atoms with Crippen LogP contribution in [0.4, 0.5) is 4.79 Å². The third-order valence-electron chi connectivity index (χ3n) is 2.07. The minimum absolute atomic E-state index is 0.155. The Balaban J connectivity index is 2.31. The lowest BCUT2D eigenvalue weighted by atomic mass is 9.97. The molecule has 0 radical (unpaired) electrons. The Morgan fingerprint density at radius 3 is 2.73 bits per heavy atom. The summed E-state index contributed by atoms with van der Waals surface area (Å²) < 4.78 is 0. The summed E-state index contributed by atoms with van der Waals surface area (Å²) in [5.74, 6) is 0. The third-order valence-corrected chi connectivity index (χ3v) is 2.07. The first-order valence-corrected chi connectivity index (χ1v) is 3.93. The molecular formula is C7H15N3O. The van der Waals surface area contributed by atoms with Gasteiger partial charge in [0.05, 0.1) is 0 Å². The van der Waals surface area contributed by atoms with E-state index in [1.54, 1.807) is 4.90 Å². The zero-order valence-electron chi connectivity index (χ0n) is 6.79. The van der Waals surface area contributed by atoms with E-state index < -0.39 is 0 Å². The van der Waals surface area contributed by atoms with E-state index in [4.69, 9.17) is 11.5 Å². The first-order chi connectivity index (χ1) is 5.11. The number of carbonyl (C=O) groups excluding carboxylic acids is 1. The van der Waals surface area contributed by atoms with Gasteiger partial charge in [0.1, 0.15) is 0 Å². The molecule has 2 amide bonds. The lowest BCUT2D eigenvalue weighted by molar-refractivity contribution is 0.113. The summed E-state index contributed by atoms with van der Waals surface area (Å²) in [6, 6.07) is 0.136. The Morgan fingerprint density at radius 2 is 2.45 bits per heavy atom. The Kier molecular flexibility index (Phi) is 2.34. The molecule has 1 rings (SSSR count). The lowest BCUT2D eigenvalue weighted by Gasteiger charge is -2.40. The Bertz CT molecular complexity index is 158. The number of nitrogens with two attached hydrogens (primary N) is 2. The number of urea groups is 1. The van der Waals surface area contributed by atoms with E-state index in [2.05, 4.69) is 0 Å². The van der Waals surface area contributed by atoms with Crippen LogP contribution in [0, 0.1) is 0 Å². The van der Waals surface area contributed by atoms with Gasteiger partial charge in [-0.15, -0.1) is 0 Å². The molecule has 4 nitrogen and oxygen atoms in total. The number of nitrogens with zero attached hydrogens (tertiary/aromatic N) is 1. The molecule has 2 atom stereocenters. The Morgan fingerprint density at radius 1 is 1.82 bits per heavy atom. The highest BCUT2D eigenvalue weighted by atomic mass is 16.2. The molecule has 0 saturated carbocycles. The fourth-order valence-corrected chi connectivity index (χ4v) is 1.41. The maximum atomic E-state index is 10.7. The van der Waals surface area contributed by atoms with E-state index >= 15 is 0 Å². The summed E-state index contributed by atoms with van der Waals surface area (Å²) in [4.78, 5) is 12.4. The van der Waals surface area contributed by atoms with Crippen LogP contribution in [0.15, 0.2) is 0 Å². The highest BCUT2D eigenvalue weighted by Crippen LogP contribution is 2.20. The van der Waals surface area contributed by atoms with Crippen molar-refractivity contribution in [3.8, 4) is 0 Å². The molecule has 4 heteroatoms. The largest absolute Gasteiger partial charge is 0.351 e. The van der Waals surface area contributed by atoms with E-state index in [1.807, 2.05) is 6.92 Å². The highest BCUT2D eigenvalue weighted by molar-refractivity contribution is 5.73. The van der Waals surface area contributed by atoms with Crippen molar-refractivity contribution in [2.45, 2.75) is 31.8 Å². The predicted molar refractivity (Wildman–Crippen MR) is 43.0 cm³/mol. The van der Waals surface area contributed by atoms with Crippen molar-refractivity contribution in [2.75, 3.05) is 6.54 Å². The van der Waals surface area contributed by atoms with Crippen molar-refractivity contribution >= 4 is 6.03 Å². The molecule has 11 heavy (non-hydrogen) atoms. The van der Waals surface area contributed by atoms with Crippen LogP contribution >= 0.6 is 0 Å². The lowest BCUT2D eigenvalue weighted by Crippen LogP contribution is -2.54. The number of amides is 2. The smallest absolute Gasteiger partial charge is 0.315 e. The SMILES string of the molecule is CC(N)CC1CCN1C(N)=O. The number of primary amides is 1. The molecule has 2 unspecified atom stereocenters. The van der Waals surface area contributed by atoms with E-state index in [9.17, 15) is 4.79 Å². The number of likely N-dealkylation sites (tertiary alicyclic amines) is 1. The summed E-state index contributed by atoms with van der Waals surface area (Å²) in [7, 11) is 0. The minimum atomic E-state index is -0.318. The summed E-state index contributed by atoms with van der Waals surface area (Å²) >= 11 is 0. The van der Waals surface area contributed by atoms with Crippen molar-refractivity contribution in [1.29, 1.82) is 0 Å². The first-order valence-electron chi connectivity index (χ1n) is 3.93. The molecule has 0 aromatic heterocycles. The Hall–Kier alpha value is -0.770. The second-order valence-corrected chi connectivity index (χ2v) is 3.19. The average Bonchev–Trinajstić information content (AvgIpc) is 1.78. The van der Waals surface area contributed by atoms with E-state index in [0.717, 1.165) is 19.4 Å². The normalized spacial score (nSPS) is 26.0. The zero-order chi connectivity index (χ0) is 8.43. The van der Waals surface area contributed by atoms with Gasteiger partial charge in [0.15, 0.2) is 0 Å². The molecule has 0 aromatic rings. The molecule has 1 aliphatic rings. The quantitative estimate of drug-likeness (QED) is 0.586. The van der Waals surface area contributed by atoms with Crippen LogP contribution in [0.5, 0.6) is 0 Å². The van der Waals surface area contributed by atoms with Gasteiger partial charge >= 0.3 is 6.03 Å². The van der Waals surface area contributed by atoms with Crippen molar-refractivity contribution < 1.29 is 4.79 Å². The molecule has 0 spiro atoms. The minimum Gasteiger partial charge on any atom is -0.351 e. The molecule has 4 N–H and O–H groups in total. The summed E-state index contributed by atoms with van der Waals surface area (Å²) in [6.07, 6.45) is 1.91. The van der Waals surface area contributed by atoms with Gasteiger partial charge in [-0.3, -0.25) is 0 Å². The fourth-order valence-electron chi connectivity index (χ4n) is 1.41. The summed E-state index contributed by atoms with van der Waals surface area (Å²) in [6.45, 7) is 2.74. The maximum absolute atomic E-state index is 10.7. The van der Waals surface area contributed by atoms with Crippen molar-refractivity contribution in [1.82, 2.24) is 4.90 Å². The van der Waals surface area contributed by atoms with Gasteiger partial charge in [-0.2, -0.15) is 0 Å². The molecule has 0 aliphatic carbocycles. The van der Waals surface area contributed by atoms with E-state index in [0.29, 0.717) is 6.04 Å². The van der Waals surface area contributed by atoms with Crippen molar-refractivity contribution in [3.05, 3.63) is 0 Å². The second kappa shape index (κ2) is 3.09. The van der Waals surface area contributed by atoms with Gasteiger partial charge in [0.2, 0.25) is 0 Å². The molecule has 1 fully saturated rings. The van der Waals surface area contributed by atoms with Crippen LogP contribution in [0.3, 0.4) is 0 Å². The first kappa shape index (κ1) is 8.33. The van der Waals surface area contributed by atoms with Crippen LogP contribution in [-0.4, -0.2) is 29.6 Å². The number of rotatable bonds is 2. The van der Waals surface area contributed by atoms with Gasteiger partial charge in [-0.1, -0.05) is 0 Å². The second-order valence-electron chi connectivity index (χ2n) is 3.19. The predicted octanol–water partition coefficient (Wildman–Crippen LogP) is -0.123. The van der Waals surface area contributed by atoms with Crippen LogP contribution in [-0.2, 0) is 0 Å². The monoisotopic (exact) mass is 157 g/mol. The van der Waals surface area contributed by atoms with E-state index in [1.165, 1.54) is 0 Å². The van der Waals surface area contributed by atoms with Crippen LogP contribution < -0.4 is 11.5 Å². The molecular weight excluding hydrogens is 142 g/mol. The van der Waals surface area contributed by atoms with Gasteiger partial charge in [0.25, 0.3) is 0 Å². The molecule has 0 aromatic carbocycles. The van der Waals surface area contributed by atoms with E-state index in [-0.39, 0.29) is 12.1 Å². The van der Waals surface area contributed by atoms with Crippen molar-refractivity contribution in [3.63, 3.8) is 0 Å². The van der Waals surface area contributed by atoms with Crippen LogP contribution in [0.1, 0.15) is 19.8 Å². The molecule has 64 valence electrons. The van der Waals surface area contributed by atoms with Gasteiger partial charge in [0, 0.05) is 18.6 Å². The number of hydrogen-bond acceptors (Lipinski definition) is 2. The maximum Gasteiger partial charge on any atom is 0.315 e. The van der Waals surface area contributed by atoms with Crippen LogP contribution in [0.2, 0.25) is 0 Å². The average molecular weight is 157 g/mol. The number of hydrogen-bond donors (Lipinski definition) is 2. The van der Waals surface area contributed by atoms with Crippen molar-refractivity contribution in [2.24, 2.45) is 11.5 Å².